The van der Waals surface area contributed by atoms with Crippen LogP contribution in [0, 0.1) is 0 Å². The van der Waals surface area contributed by atoms with E-state index in [1.54, 1.807) is 0 Å². The van der Waals surface area contributed by atoms with Crippen LogP contribution in [-0.4, -0.2) is 33.2 Å². The van der Waals surface area contributed by atoms with Crippen LogP contribution in [0.2, 0.25) is 6.04 Å². The molecule has 0 saturated carbocycles. The number of aryl methyl sites for hydroxylation is 1. The molecule has 0 bridgehead atoms. The largest absolute Gasteiger partial charge is 0.500 e. The number of para-hydroxylation sites is 1. The highest BCUT2D eigenvalue weighted by atomic mass is 28.4. The first-order valence-corrected chi connectivity index (χ1v) is 10.1. The second-order valence-electron chi connectivity index (χ2n) is 5.15. The minimum Gasteiger partial charge on any atom is -0.374 e. The van der Waals surface area contributed by atoms with Crippen LogP contribution < -0.4 is 0 Å². The quantitative estimate of drug-likeness (QED) is 0.618. The summed E-state index contributed by atoms with van der Waals surface area (Å²) in [7, 11) is -2.51. The van der Waals surface area contributed by atoms with Crippen molar-refractivity contribution in [3.05, 3.63) is 36.5 Å². The molecule has 2 rings (SSSR count). The Morgan fingerprint density at radius 3 is 2.18 bits per heavy atom. The van der Waals surface area contributed by atoms with E-state index >= 15 is 0 Å². The molecular weight excluding hydrogens is 294 g/mol. The van der Waals surface area contributed by atoms with Crippen molar-refractivity contribution in [2.45, 2.75) is 39.8 Å². The summed E-state index contributed by atoms with van der Waals surface area (Å²) in [6, 6.07) is 11.5. The number of aromatic nitrogens is 1. The van der Waals surface area contributed by atoms with Crippen LogP contribution in [0.15, 0.2) is 36.5 Å². The number of rotatable bonds is 10. The van der Waals surface area contributed by atoms with E-state index in [9.17, 15) is 0 Å². The number of hydrogen-bond acceptors (Lipinski definition) is 3. The second kappa shape index (κ2) is 8.48. The van der Waals surface area contributed by atoms with Gasteiger partial charge in [-0.1, -0.05) is 18.2 Å². The van der Waals surface area contributed by atoms with E-state index in [0.29, 0.717) is 19.8 Å². The van der Waals surface area contributed by atoms with Crippen molar-refractivity contribution in [3.63, 3.8) is 0 Å². The van der Waals surface area contributed by atoms with Crippen LogP contribution in [0.1, 0.15) is 27.2 Å². The normalized spacial score (nSPS) is 12.1. The summed E-state index contributed by atoms with van der Waals surface area (Å²) < 4.78 is 20.0. The first kappa shape index (κ1) is 17.2. The lowest BCUT2D eigenvalue weighted by molar-refractivity contribution is 0.0705. The number of hydrogen-bond donors (Lipinski definition) is 0. The minimum absolute atomic E-state index is 0.638. The summed E-state index contributed by atoms with van der Waals surface area (Å²) in [5, 5.41) is 1.28. The number of nitrogens with zero attached hydrogens (tertiary/aromatic N) is 1. The van der Waals surface area contributed by atoms with Gasteiger partial charge in [-0.05, 0) is 44.7 Å². The summed E-state index contributed by atoms with van der Waals surface area (Å²) in [5.74, 6) is 0. The van der Waals surface area contributed by atoms with Gasteiger partial charge in [0.05, 0.1) is 0 Å². The molecule has 0 spiro atoms. The van der Waals surface area contributed by atoms with Crippen molar-refractivity contribution in [1.29, 1.82) is 0 Å². The van der Waals surface area contributed by atoms with Crippen molar-refractivity contribution in [2.75, 3.05) is 19.8 Å². The summed E-state index contributed by atoms with van der Waals surface area (Å²) in [4.78, 5) is 0. The average Bonchev–Trinajstić information content (AvgIpc) is 2.92. The minimum atomic E-state index is -2.51. The Labute approximate surface area is 134 Å². The maximum Gasteiger partial charge on any atom is 0.500 e. The van der Waals surface area contributed by atoms with Crippen molar-refractivity contribution >= 4 is 19.7 Å². The Morgan fingerprint density at radius 1 is 0.909 bits per heavy atom. The standard InChI is InChI=1S/C17H27NO3Si/c1-4-19-22(20-5-2,21-6-3)15-9-13-18-14-12-16-10-7-8-11-17(16)18/h7-8,10-12,14H,4-6,9,13,15H2,1-3H3. The third kappa shape index (κ3) is 4.20. The third-order valence-electron chi connectivity index (χ3n) is 3.65. The van der Waals surface area contributed by atoms with Gasteiger partial charge >= 0.3 is 8.80 Å². The smallest absolute Gasteiger partial charge is 0.374 e. The van der Waals surface area contributed by atoms with Crippen molar-refractivity contribution in [1.82, 2.24) is 4.57 Å². The van der Waals surface area contributed by atoms with Crippen LogP contribution in [0.25, 0.3) is 10.9 Å². The first-order chi connectivity index (χ1) is 10.7. The van der Waals surface area contributed by atoms with Gasteiger partial charge in [-0.3, -0.25) is 0 Å². The highest BCUT2D eigenvalue weighted by Gasteiger charge is 2.39. The van der Waals surface area contributed by atoms with Crippen molar-refractivity contribution < 1.29 is 13.3 Å². The number of benzene rings is 1. The van der Waals surface area contributed by atoms with Gasteiger partial charge in [0, 0.05) is 44.1 Å². The molecule has 0 N–H and O–H groups in total. The SMILES string of the molecule is CCO[Si](CCCn1ccc2ccccc21)(OCC)OCC. The molecule has 4 nitrogen and oxygen atoms in total. The molecule has 0 aliphatic rings. The lowest BCUT2D eigenvalue weighted by atomic mass is 10.2. The van der Waals surface area contributed by atoms with E-state index in [2.05, 4.69) is 41.1 Å². The van der Waals surface area contributed by atoms with Gasteiger partial charge in [0.2, 0.25) is 0 Å². The monoisotopic (exact) mass is 321 g/mol. The second-order valence-corrected chi connectivity index (χ2v) is 7.89. The molecule has 0 fully saturated rings. The molecule has 0 unspecified atom stereocenters. The Morgan fingerprint density at radius 2 is 1.55 bits per heavy atom. The Bertz CT molecular complexity index is 553. The fourth-order valence-electron chi connectivity index (χ4n) is 2.80. The van der Waals surface area contributed by atoms with Gasteiger partial charge in [0.25, 0.3) is 0 Å². The summed E-state index contributed by atoms with van der Waals surface area (Å²) >= 11 is 0. The molecule has 0 saturated heterocycles. The maximum atomic E-state index is 5.90. The van der Waals surface area contributed by atoms with Gasteiger partial charge in [-0.2, -0.15) is 0 Å². The molecule has 1 aromatic carbocycles. The molecule has 0 atom stereocenters. The lowest BCUT2D eigenvalue weighted by Gasteiger charge is -2.28. The van der Waals surface area contributed by atoms with Crippen LogP contribution in [-0.2, 0) is 19.8 Å². The van der Waals surface area contributed by atoms with E-state index in [1.807, 2.05) is 20.8 Å². The maximum absolute atomic E-state index is 5.90. The zero-order chi connectivity index (χ0) is 15.8. The summed E-state index contributed by atoms with van der Waals surface area (Å²) in [6.07, 6.45) is 3.14. The molecule has 5 heteroatoms. The topological polar surface area (TPSA) is 32.6 Å². The molecule has 1 aromatic heterocycles. The highest BCUT2D eigenvalue weighted by molar-refractivity contribution is 6.60. The van der Waals surface area contributed by atoms with Gasteiger partial charge < -0.3 is 17.8 Å². The fourth-order valence-corrected chi connectivity index (χ4v) is 5.40. The van der Waals surface area contributed by atoms with E-state index in [4.69, 9.17) is 13.3 Å². The van der Waals surface area contributed by atoms with E-state index in [0.717, 1.165) is 19.0 Å². The Kier molecular flexibility index (Phi) is 6.63. The Balaban J connectivity index is 1.99. The molecule has 0 aliphatic carbocycles. The van der Waals surface area contributed by atoms with Crippen LogP contribution >= 0.6 is 0 Å². The van der Waals surface area contributed by atoms with Crippen molar-refractivity contribution in [2.24, 2.45) is 0 Å². The zero-order valence-corrected chi connectivity index (χ0v) is 14.9. The van der Waals surface area contributed by atoms with Gasteiger partial charge in [0.1, 0.15) is 0 Å². The van der Waals surface area contributed by atoms with Gasteiger partial charge in [0.15, 0.2) is 0 Å². The first-order valence-electron chi connectivity index (χ1n) is 8.20. The molecule has 0 amide bonds. The van der Waals surface area contributed by atoms with Gasteiger partial charge in [-0.25, -0.2) is 0 Å². The van der Waals surface area contributed by atoms with E-state index < -0.39 is 8.80 Å². The average molecular weight is 321 g/mol. The molecule has 0 aliphatic heterocycles. The highest BCUT2D eigenvalue weighted by Crippen LogP contribution is 2.21. The van der Waals surface area contributed by atoms with Gasteiger partial charge in [-0.15, -0.1) is 0 Å². The van der Waals surface area contributed by atoms with E-state index in [-0.39, 0.29) is 0 Å². The Hall–Kier alpha value is -1.14. The lowest BCUT2D eigenvalue weighted by Crippen LogP contribution is -2.46. The van der Waals surface area contributed by atoms with Crippen LogP contribution in [0.5, 0.6) is 0 Å². The molecule has 1 heterocycles. The fraction of sp³-hybridized carbons (Fsp3) is 0.529. The predicted octanol–water partition coefficient (Wildman–Crippen LogP) is 4.08. The van der Waals surface area contributed by atoms with Crippen LogP contribution in [0.3, 0.4) is 0 Å². The molecule has 0 radical (unpaired) electrons. The van der Waals surface area contributed by atoms with Crippen molar-refractivity contribution in [3.8, 4) is 0 Å². The summed E-state index contributed by atoms with van der Waals surface area (Å²) in [6.45, 7) is 8.86. The molecule has 122 valence electrons. The molecule has 22 heavy (non-hydrogen) atoms. The zero-order valence-electron chi connectivity index (χ0n) is 13.9. The predicted molar refractivity (Wildman–Crippen MR) is 92.0 cm³/mol. The summed E-state index contributed by atoms with van der Waals surface area (Å²) in [5.41, 5.74) is 1.28. The third-order valence-corrected chi connectivity index (χ3v) is 6.81. The van der Waals surface area contributed by atoms with Crippen LogP contribution in [0.4, 0.5) is 0 Å². The molecule has 2 aromatic rings. The van der Waals surface area contributed by atoms with E-state index in [1.165, 1.54) is 10.9 Å². The number of fused-ring (bicyclic) bond motifs is 1. The molecular formula is C17H27NO3Si.